The maximum atomic E-state index is 11.7. The standard InChI is InChI=1S/C10H16N4O3/c1-6(10(17)14(2)3)11-9(16)7-4-5-8(15)13-12-7/h6H,4-5H2,1-3H3,(H,11,16)(H,13,15). The number of likely N-dealkylation sites (N-methyl/N-ethyl adjacent to an activating group) is 1. The summed E-state index contributed by atoms with van der Waals surface area (Å²) in [5.41, 5.74) is 2.47. The average Bonchev–Trinajstić information content (AvgIpc) is 2.28. The van der Waals surface area contributed by atoms with Gasteiger partial charge in [-0.25, -0.2) is 5.43 Å². The Morgan fingerprint density at radius 1 is 1.41 bits per heavy atom. The fourth-order valence-electron chi connectivity index (χ4n) is 1.37. The van der Waals surface area contributed by atoms with E-state index in [1.54, 1.807) is 21.0 Å². The van der Waals surface area contributed by atoms with Crippen LogP contribution in [0.3, 0.4) is 0 Å². The maximum Gasteiger partial charge on any atom is 0.268 e. The van der Waals surface area contributed by atoms with E-state index in [4.69, 9.17) is 0 Å². The SMILES string of the molecule is CC(NC(=O)C1=NNC(=O)CC1)C(=O)N(C)C. The number of rotatable bonds is 3. The van der Waals surface area contributed by atoms with Crippen molar-refractivity contribution in [1.29, 1.82) is 0 Å². The molecule has 1 rings (SSSR count). The van der Waals surface area contributed by atoms with Crippen LogP contribution >= 0.6 is 0 Å². The minimum Gasteiger partial charge on any atom is -0.347 e. The Balaban J connectivity index is 2.55. The molecule has 2 N–H and O–H groups in total. The second kappa shape index (κ2) is 5.42. The summed E-state index contributed by atoms with van der Waals surface area (Å²) >= 11 is 0. The lowest BCUT2D eigenvalue weighted by Gasteiger charge is -2.19. The van der Waals surface area contributed by atoms with Gasteiger partial charge in [0, 0.05) is 26.9 Å². The van der Waals surface area contributed by atoms with Gasteiger partial charge in [-0.05, 0) is 6.92 Å². The lowest BCUT2D eigenvalue weighted by atomic mass is 10.1. The van der Waals surface area contributed by atoms with Gasteiger partial charge in [-0.15, -0.1) is 0 Å². The van der Waals surface area contributed by atoms with Crippen LogP contribution in [-0.4, -0.2) is 48.5 Å². The zero-order chi connectivity index (χ0) is 13.0. The first-order valence-electron chi connectivity index (χ1n) is 5.29. The topological polar surface area (TPSA) is 90.9 Å². The van der Waals surface area contributed by atoms with Crippen molar-refractivity contribution in [2.75, 3.05) is 14.1 Å². The molecule has 1 heterocycles. The summed E-state index contributed by atoms with van der Waals surface area (Å²) < 4.78 is 0. The Labute approximate surface area is 99.2 Å². The van der Waals surface area contributed by atoms with Gasteiger partial charge in [0.15, 0.2) is 0 Å². The third-order valence-electron chi connectivity index (χ3n) is 2.33. The molecular formula is C10H16N4O3. The third kappa shape index (κ3) is 3.54. The van der Waals surface area contributed by atoms with E-state index in [0.717, 1.165) is 0 Å². The van der Waals surface area contributed by atoms with Gasteiger partial charge in [0.2, 0.25) is 11.8 Å². The second-order valence-corrected chi connectivity index (χ2v) is 4.02. The van der Waals surface area contributed by atoms with Crippen LogP contribution in [0.25, 0.3) is 0 Å². The van der Waals surface area contributed by atoms with Gasteiger partial charge in [-0.1, -0.05) is 0 Å². The first-order valence-corrected chi connectivity index (χ1v) is 5.29. The predicted molar refractivity (Wildman–Crippen MR) is 61.1 cm³/mol. The molecule has 7 heteroatoms. The highest BCUT2D eigenvalue weighted by atomic mass is 16.2. The van der Waals surface area contributed by atoms with Crippen LogP contribution in [0.15, 0.2) is 5.10 Å². The minimum atomic E-state index is -0.613. The van der Waals surface area contributed by atoms with E-state index in [-0.39, 0.29) is 23.9 Å². The van der Waals surface area contributed by atoms with Crippen molar-refractivity contribution < 1.29 is 14.4 Å². The van der Waals surface area contributed by atoms with E-state index in [9.17, 15) is 14.4 Å². The maximum absolute atomic E-state index is 11.7. The van der Waals surface area contributed by atoms with Crippen molar-refractivity contribution in [3.63, 3.8) is 0 Å². The van der Waals surface area contributed by atoms with Gasteiger partial charge in [-0.3, -0.25) is 14.4 Å². The molecule has 7 nitrogen and oxygen atoms in total. The number of carbonyl (C=O) groups is 3. The molecule has 1 aliphatic heterocycles. The number of nitrogens with zero attached hydrogens (tertiary/aromatic N) is 2. The lowest BCUT2D eigenvalue weighted by Crippen LogP contribution is -2.47. The van der Waals surface area contributed by atoms with Crippen molar-refractivity contribution in [1.82, 2.24) is 15.6 Å². The van der Waals surface area contributed by atoms with E-state index in [1.807, 2.05) is 0 Å². The van der Waals surface area contributed by atoms with Gasteiger partial charge >= 0.3 is 0 Å². The molecule has 17 heavy (non-hydrogen) atoms. The average molecular weight is 240 g/mol. The van der Waals surface area contributed by atoms with Crippen LogP contribution in [0.5, 0.6) is 0 Å². The summed E-state index contributed by atoms with van der Waals surface area (Å²) in [5, 5.41) is 6.18. The Kier molecular flexibility index (Phi) is 4.19. The monoisotopic (exact) mass is 240 g/mol. The smallest absolute Gasteiger partial charge is 0.268 e. The van der Waals surface area contributed by atoms with Crippen LogP contribution in [0.2, 0.25) is 0 Å². The highest BCUT2D eigenvalue weighted by Crippen LogP contribution is 2.00. The van der Waals surface area contributed by atoms with Crippen LogP contribution < -0.4 is 10.7 Å². The predicted octanol–water partition coefficient (Wildman–Crippen LogP) is -1.15. The molecular weight excluding hydrogens is 224 g/mol. The van der Waals surface area contributed by atoms with Crippen molar-refractivity contribution in [2.24, 2.45) is 5.10 Å². The highest BCUT2D eigenvalue weighted by Gasteiger charge is 2.22. The summed E-state index contributed by atoms with van der Waals surface area (Å²) in [7, 11) is 3.23. The summed E-state index contributed by atoms with van der Waals surface area (Å²) in [5.74, 6) is -0.828. The highest BCUT2D eigenvalue weighted by molar-refractivity contribution is 6.39. The van der Waals surface area contributed by atoms with Crippen LogP contribution in [0.4, 0.5) is 0 Å². The molecule has 1 aliphatic rings. The Hall–Kier alpha value is -1.92. The molecule has 0 spiro atoms. The molecule has 94 valence electrons. The van der Waals surface area contributed by atoms with Gasteiger partial charge in [-0.2, -0.15) is 5.10 Å². The molecule has 1 unspecified atom stereocenters. The molecule has 0 aromatic rings. The van der Waals surface area contributed by atoms with Crippen molar-refractivity contribution in [2.45, 2.75) is 25.8 Å². The zero-order valence-electron chi connectivity index (χ0n) is 10.1. The second-order valence-electron chi connectivity index (χ2n) is 4.02. The molecule has 0 saturated heterocycles. The number of hydrazone groups is 1. The quantitative estimate of drug-likeness (QED) is 0.652. The molecule has 0 radical (unpaired) electrons. The van der Waals surface area contributed by atoms with Gasteiger partial charge in [0.25, 0.3) is 5.91 Å². The third-order valence-corrected chi connectivity index (χ3v) is 2.33. The normalized spacial score (nSPS) is 16.6. The Bertz CT molecular complexity index is 376. The number of carbonyl (C=O) groups excluding carboxylic acids is 3. The Morgan fingerprint density at radius 3 is 2.53 bits per heavy atom. The molecule has 0 aromatic carbocycles. The molecule has 0 aromatic heterocycles. The molecule has 1 atom stereocenters. The lowest BCUT2D eigenvalue weighted by molar-refractivity contribution is -0.132. The van der Waals surface area contributed by atoms with Crippen molar-refractivity contribution >= 4 is 23.4 Å². The van der Waals surface area contributed by atoms with Gasteiger partial charge in [0.1, 0.15) is 11.8 Å². The van der Waals surface area contributed by atoms with Gasteiger partial charge < -0.3 is 10.2 Å². The number of nitrogens with one attached hydrogen (secondary N) is 2. The van der Waals surface area contributed by atoms with Crippen molar-refractivity contribution in [3.8, 4) is 0 Å². The first-order chi connectivity index (χ1) is 7.91. The minimum absolute atomic E-state index is 0.196. The molecule has 3 amide bonds. The molecule has 0 fully saturated rings. The number of hydrogen-bond acceptors (Lipinski definition) is 4. The fourth-order valence-corrected chi connectivity index (χ4v) is 1.37. The van der Waals surface area contributed by atoms with E-state index < -0.39 is 11.9 Å². The summed E-state index contributed by atoms with van der Waals surface area (Å²) in [6.45, 7) is 1.60. The molecule has 0 saturated carbocycles. The zero-order valence-corrected chi connectivity index (χ0v) is 10.1. The Morgan fingerprint density at radius 2 is 2.06 bits per heavy atom. The van der Waals surface area contributed by atoms with Gasteiger partial charge in [0.05, 0.1) is 0 Å². The fraction of sp³-hybridized carbons (Fsp3) is 0.600. The van der Waals surface area contributed by atoms with E-state index in [1.165, 1.54) is 4.90 Å². The first kappa shape index (κ1) is 13.1. The van der Waals surface area contributed by atoms with E-state index in [0.29, 0.717) is 6.42 Å². The summed E-state index contributed by atoms with van der Waals surface area (Å²) in [6, 6.07) is -0.613. The largest absolute Gasteiger partial charge is 0.347 e. The van der Waals surface area contributed by atoms with E-state index >= 15 is 0 Å². The molecule has 0 bridgehead atoms. The van der Waals surface area contributed by atoms with E-state index in [2.05, 4.69) is 15.8 Å². The van der Waals surface area contributed by atoms with Crippen LogP contribution in [0.1, 0.15) is 19.8 Å². The summed E-state index contributed by atoms with van der Waals surface area (Å²) in [4.78, 5) is 35.4. The molecule has 0 aliphatic carbocycles. The number of hydrogen-bond donors (Lipinski definition) is 2. The van der Waals surface area contributed by atoms with Crippen LogP contribution in [0, 0.1) is 0 Å². The number of amides is 3. The summed E-state index contributed by atoms with van der Waals surface area (Å²) in [6.07, 6.45) is 0.531. The van der Waals surface area contributed by atoms with Crippen LogP contribution in [-0.2, 0) is 14.4 Å². The van der Waals surface area contributed by atoms with Crippen molar-refractivity contribution in [3.05, 3.63) is 0 Å².